The van der Waals surface area contributed by atoms with E-state index in [1.54, 1.807) is 0 Å². The minimum Gasteiger partial charge on any atom is -0.394 e. The summed E-state index contributed by atoms with van der Waals surface area (Å²) in [6.07, 6.45) is 15.9. The highest BCUT2D eigenvalue weighted by Gasteiger charge is 2.19. The Morgan fingerprint density at radius 1 is 0.800 bits per heavy atom. The molecule has 0 saturated carbocycles. The van der Waals surface area contributed by atoms with Crippen LogP contribution in [0.5, 0.6) is 0 Å². The molecule has 1 amide bonds. The zero-order chi connectivity index (χ0) is 18.8. The molecule has 0 spiro atoms. The average molecular weight is 358 g/mol. The Morgan fingerprint density at radius 3 is 1.80 bits per heavy atom. The van der Waals surface area contributed by atoms with Crippen LogP contribution in [0.4, 0.5) is 0 Å². The molecule has 0 heterocycles. The summed E-state index contributed by atoms with van der Waals surface area (Å²) in [7, 11) is 0. The lowest BCUT2D eigenvalue weighted by Gasteiger charge is -2.22. The normalized spacial score (nSPS) is 13.6. The highest BCUT2D eigenvalue weighted by molar-refractivity contribution is 5.76. The minimum absolute atomic E-state index is 0.0504. The van der Waals surface area contributed by atoms with Gasteiger partial charge < -0.3 is 15.5 Å². The molecule has 0 fully saturated rings. The van der Waals surface area contributed by atoms with Crippen molar-refractivity contribution in [1.82, 2.24) is 5.32 Å². The van der Waals surface area contributed by atoms with Crippen LogP contribution in [0.3, 0.4) is 0 Å². The molecular formula is C21H43NO3. The van der Waals surface area contributed by atoms with Gasteiger partial charge in [0, 0.05) is 6.42 Å². The lowest BCUT2D eigenvalue weighted by molar-refractivity contribution is -0.123. The molecule has 0 saturated heterocycles. The van der Waals surface area contributed by atoms with Crippen LogP contribution in [-0.2, 0) is 4.79 Å². The highest BCUT2D eigenvalue weighted by Crippen LogP contribution is 2.12. The van der Waals surface area contributed by atoms with E-state index < -0.39 is 12.1 Å². The molecule has 4 nitrogen and oxygen atoms in total. The van der Waals surface area contributed by atoms with Crippen LogP contribution in [-0.4, -0.2) is 34.9 Å². The van der Waals surface area contributed by atoms with Crippen molar-refractivity contribution in [3.05, 3.63) is 0 Å². The van der Waals surface area contributed by atoms with Crippen molar-refractivity contribution in [2.75, 3.05) is 6.61 Å². The molecule has 4 heteroatoms. The zero-order valence-corrected chi connectivity index (χ0v) is 16.8. The van der Waals surface area contributed by atoms with Crippen LogP contribution in [0.1, 0.15) is 110 Å². The van der Waals surface area contributed by atoms with Crippen LogP contribution in [0, 0.1) is 0 Å². The number of hydrogen-bond donors (Lipinski definition) is 3. The van der Waals surface area contributed by atoms with E-state index in [1.165, 1.54) is 57.8 Å². The zero-order valence-electron chi connectivity index (χ0n) is 16.8. The van der Waals surface area contributed by atoms with Crippen LogP contribution in [0.2, 0.25) is 0 Å². The van der Waals surface area contributed by atoms with Gasteiger partial charge in [-0.3, -0.25) is 4.79 Å². The molecule has 0 rings (SSSR count). The third-order valence-electron chi connectivity index (χ3n) is 4.87. The van der Waals surface area contributed by atoms with E-state index >= 15 is 0 Å². The second-order valence-electron chi connectivity index (χ2n) is 7.35. The fourth-order valence-electron chi connectivity index (χ4n) is 3.12. The van der Waals surface area contributed by atoms with E-state index in [1.807, 2.05) is 0 Å². The highest BCUT2D eigenvalue weighted by atomic mass is 16.3. The first kappa shape index (κ1) is 24.4. The van der Waals surface area contributed by atoms with Crippen molar-refractivity contribution in [2.24, 2.45) is 0 Å². The monoisotopic (exact) mass is 357 g/mol. The van der Waals surface area contributed by atoms with Crippen molar-refractivity contribution < 1.29 is 15.0 Å². The largest absolute Gasteiger partial charge is 0.394 e. The average Bonchev–Trinajstić information content (AvgIpc) is 2.61. The van der Waals surface area contributed by atoms with E-state index in [0.29, 0.717) is 12.8 Å². The maximum atomic E-state index is 11.9. The summed E-state index contributed by atoms with van der Waals surface area (Å²) in [5.41, 5.74) is 0. The third kappa shape index (κ3) is 15.4. The number of hydrogen-bond acceptors (Lipinski definition) is 3. The van der Waals surface area contributed by atoms with E-state index in [0.717, 1.165) is 25.7 Å². The first-order chi connectivity index (χ1) is 12.2. The number of carbonyl (C=O) groups is 1. The van der Waals surface area contributed by atoms with Gasteiger partial charge in [0.15, 0.2) is 0 Å². The van der Waals surface area contributed by atoms with Crippen molar-refractivity contribution >= 4 is 5.91 Å². The van der Waals surface area contributed by atoms with E-state index in [2.05, 4.69) is 19.2 Å². The number of carbonyl (C=O) groups excluding carboxylic acids is 1. The topological polar surface area (TPSA) is 69.6 Å². The molecule has 0 bridgehead atoms. The Morgan fingerprint density at radius 2 is 1.28 bits per heavy atom. The molecular weight excluding hydrogens is 314 g/mol. The number of unbranched alkanes of at least 4 members (excludes halogenated alkanes) is 11. The SMILES string of the molecule is CCCCCCCCCCC(O)C(CO)NC(=O)CCCCCCC. The minimum atomic E-state index is -0.644. The van der Waals surface area contributed by atoms with E-state index in [9.17, 15) is 15.0 Å². The van der Waals surface area contributed by atoms with Gasteiger partial charge in [-0.2, -0.15) is 0 Å². The van der Waals surface area contributed by atoms with Crippen LogP contribution >= 0.6 is 0 Å². The van der Waals surface area contributed by atoms with Crippen molar-refractivity contribution in [2.45, 2.75) is 122 Å². The first-order valence-electron chi connectivity index (χ1n) is 10.7. The summed E-state index contributed by atoms with van der Waals surface area (Å²) >= 11 is 0. The molecule has 0 aromatic heterocycles. The summed E-state index contributed by atoms with van der Waals surface area (Å²) in [6.45, 7) is 4.20. The summed E-state index contributed by atoms with van der Waals surface area (Å²) < 4.78 is 0. The van der Waals surface area contributed by atoms with Gasteiger partial charge in [-0.1, -0.05) is 90.9 Å². The molecule has 0 aliphatic carbocycles. The second kappa shape index (κ2) is 18.2. The molecule has 25 heavy (non-hydrogen) atoms. The molecule has 0 aliphatic heterocycles. The molecule has 0 radical (unpaired) electrons. The third-order valence-corrected chi connectivity index (χ3v) is 4.87. The summed E-state index contributed by atoms with van der Waals surface area (Å²) in [5.74, 6) is -0.0504. The number of nitrogens with one attached hydrogen (secondary N) is 1. The summed E-state index contributed by atoms with van der Waals surface area (Å²) in [4.78, 5) is 11.9. The first-order valence-corrected chi connectivity index (χ1v) is 10.7. The predicted molar refractivity (Wildman–Crippen MR) is 106 cm³/mol. The van der Waals surface area contributed by atoms with Gasteiger partial charge in [-0.15, -0.1) is 0 Å². The van der Waals surface area contributed by atoms with Crippen molar-refractivity contribution in [3.63, 3.8) is 0 Å². The molecule has 0 aromatic carbocycles. The van der Waals surface area contributed by atoms with Gasteiger partial charge in [0.05, 0.1) is 18.8 Å². The van der Waals surface area contributed by atoms with Crippen molar-refractivity contribution in [1.29, 1.82) is 0 Å². The summed E-state index contributed by atoms with van der Waals surface area (Å²) in [5, 5.41) is 22.4. The Bertz CT molecular complexity index is 297. The maximum Gasteiger partial charge on any atom is 0.220 e. The predicted octanol–water partition coefficient (Wildman–Crippen LogP) is 4.72. The fraction of sp³-hybridized carbons (Fsp3) is 0.952. The van der Waals surface area contributed by atoms with Crippen LogP contribution in [0.15, 0.2) is 0 Å². The second-order valence-corrected chi connectivity index (χ2v) is 7.35. The molecule has 150 valence electrons. The van der Waals surface area contributed by atoms with Gasteiger partial charge >= 0.3 is 0 Å². The number of amides is 1. The van der Waals surface area contributed by atoms with E-state index in [-0.39, 0.29) is 12.5 Å². The number of rotatable bonds is 18. The van der Waals surface area contributed by atoms with Crippen LogP contribution < -0.4 is 5.32 Å². The fourth-order valence-corrected chi connectivity index (χ4v) is 3.12. The summed E-state index contributed by atoms with van der Waals surface area (Å²) in [6, 6.07) is -0.521. The molecule has 2 unspecified atom stereocenters. The maximum absolute atomic E-state index is 11.9. The number of aliphatic hydroxyl groups excluding tert-OH is 2. The van der Waals surface area contributed by atoms with Gasteiger partial charge in [0.25, 0.3) is 0 Å². The standard InChI is InChI=1S/C21H43NO3/c1-3-5-7-9-10-11-13-14-16-20(24)19(18-23)22-21(25)17-15-12-8-6-4-2/h19-20,23-24H,3-18H2,1-2H3,(H,22,25). The molecule has 0 aromatic rings. The molecule has 0 aliphatic rings. The van der Waals surface area contributed by atoms with Crippen LogP contribution in [0.25, 0.3) is 0 Å². The van der Waals surface area contributed by atoms with Gasteiger partial charge in [0.1, 0.15) is 0 Å². The van der Waals surface area contributed by atoms with Gasteiger partial charge in [0.2, 0.25) is 5.91 Å². The van der Waals surface area contributed by atoms with Gasteiger partial charge in [-0.25, -0.2) is 0 Å². The lowest BCUT2D eigenvalue weighted by atomic mass is 10.0. The molecule has 2 atom stereocenters. The molecule has 3 N–H and O–H groups in total. The Kier molecular flexibility index (Phi) is 17.7. The Balaban J connectivity index is 3.72. The lowest BCUT2D eigenvalue weighted by Crippen LogP contribution is -2.45. The quantitative estimate of drug-likeness (QED) is 0.311. The van der Waals surface area contributed by atoms with E-state index in [4.69, 9.17) is 0 Å². The Labute approximate surface area is 155 Å². The van der Waals surface area contributed by atoms with Gasteiger partial charge in [-0.05, 0) is 12.8 Å². The number of aliphatic hydroxyl groups is 2. The van der Waals surface area contributed by atoms with Crippen molar-refractivity contribution in [3.8, 4) is 0 Å². The Hall–Kier alpha value is -0.610. The smallest absolute Gasteiger partial charge is 0.220 e.